The van der Waals surface area contributed by atoms with Crippen LogP contribution in [0, 0.1) is 0 Å². The van der Waals surface area contributed by atoms with Crippen LogP contribution in [0.1, 0.15) is 18.9 Å². The molecule has 220 valence electrons. The number of carbonyl (C=O) groups is 2. The number of amides is 2. The minimum atomic E-state index is -3.59. The number of carbonyl (C=O) groups excluding carboxylic acids is 2. The van der Waals surface area contributed by atoms with Crippen LogP contribution in [0.2, 0.25) is 0 Å². The van der Waals surface area contributed by atoms with Gasteiger partial charge in [0, 0.05) is 23.1 Å². The van der Waals surface area contributed by atoms with Crippen molar-refractivity contribution in [2.45, 2.75) is 32.0 Å². The van der Waals surface area contributed by atoms with Gasteiger partial charge in [-0.25, -0.2) is 8.42 Å². The number of rotatable bonds is 7. The first-order valence-electron chi connectivity index (χ1n) is 13.2. The summed E-state index contributed by atoms with van der Waals surface area (Å²) in [5.74, 6) is 0.257. The molecular weight excluding hydrogens is 612 g/mol. The van der Waals surface area contributed by atoms with Crippen LogP contribution in [0.25, 0.3) is 10.8 Å². The molecular formula is C29H35BrN4O6S. The molecule has 0 spiro atoms. The van der Waals surface area contributed by atoms with Crippen LogP contribution in [-0.2, 0) is 26.2 Å². The van der Waals surface area contributed by atoms with Gasteiger partial charge in [0.05, 0.1) is 31.6 Å². The van der Waals surface area contributed by atoms with Crippen LogP contribution in [0.5, 0.6) is 11.5 Å². The van der Waals surface area contributed by atoms with Crippen molar-refractivity contribution in [2.24, 2.45) is 0 Å². The summed E-state index contributed by atoms with van der Waals surface area (Å²) in [6.07, 6.45) is 1.20. The summed E-state index contributed by atoms with van der Waals surface area (Å²) in [4.78, 5) is 29.0. The standard InChI is InChI=1S/C29H35BrN4O6S/c1-19(31-2)28(35)32-24-13-14-33(41(4,37)38)15-16-40-27-8-6-5-7-25(27)34(29(24)36)18-23-22-11-10-21(30)17-20(22)9-12-26(23)39-3/h5-12,17,19,24,31H,13-16,18H2,1-4H3,(H,32,35)/t19-,24+/m0/s1. The second-order valence-corrected chi connectivity index (χ2v) is 12.8. The lowest BCUT2D eigenvalue weighted by molar-refractivity contribution is -0.128. The minimum absolute atomic E-state index is 0.0304. The van der Waals surface area contributed by atoms with Gasteiger partial charge >= 0.3 is 0 Å². The molecule has 0 aromatic heterocycles. The average molecular weight is 648 g/mol. The summed E-state index contributed by atoms with van der Waals surface area (Å²) in [6, 6.07) is 15.3. The SMILES string of the molecule is CN[C@@H](C)C(=O)N[C@@H]1CCN(S(C)(=O)=O)CCOc2ccccc2N(Cc2c(OC)ccc3cc(Br)ccc23)C1=O. The van der Waals surface area contributed by atoms with Gasteiger partial charge < -0.3 is 25.0 Å². The summed E-state index contributed by atoms with van der Waals surface area (Å²) in [5, 5.41) is 7.60. The Morgan fingerprint density at radius 3 is 2.63 bits per heavy atom. The van der Waals surface area contributed by atoms with Crippen LogP contribution in [0.4, 0.5) is 5.69 Å². The molecule has 1 aliphatic heterocycles. The van der Waals surface area contributed by atoms with E-state index in [9.17, 15) is 18.0 Å². The zero-order valence-corrected chi connectivity index (χ0v) is 25.9. The molecule has 12 heteroatoms. The Morgan fingerprint density at radius 2 is 1.93 bits per heavy atom. The Labute approximate surface area is 249 Å². The lowest BCUT2D eigenvalue weighted by atomic mass is 10.0. The normalized spacial score (nSPS) is 17.7. The number of likely N-dealkylation sites (N-methyl/N-ethyl adjacent to an activating group) is 1. The van der Waals surface area contributed by atoms with Crippen LogP contribution >= 0.6 is 15.9 Å². The number of ether oxygens (including phenoxy) is 2. The van der Waals surface area contributed by atoms with Crippen LogP contribution < -0.4 is 25.0 Å². The zero-order chi connectivity index (χ0) is 29.7. The topological polar surface area (TPSA) is 117 Å². The highest BCUT2D eigenvalue weighted by Crippen LogP contribution is 2.36. The molecule has 4 rings (SSSR count). The molecule has 41 heavy (non-hydrogen) atoms. The molecule has 0 bridgehead atoms. The Bertz CT molecular complexity index is 1530. The fraction of sp³-hybridized carbons (Fsp3) is 0.379. The predicted molar refractivity (Wildman–Crippen MR) is 163 cm³/mol. The summed E-state index contributed by atoms with van der Waals surface area (Å²) in [7, 11) is -0.356. The Morgan fingerprint density at radius 1 is 1.17 bits per heavy atom. The van der Waals surface area contributed by atoms with Crippen molar-refractivity contribution in [3.63, 3.8) is 0 Å². The molecule has 3 aromatic rings. The number of hydrogen-bond acceptors (Lipinski definition) is 7. The molecule has 0 saturated heterocycles. The lowest BCUT2D eigenvalue weighted by Gasteiger charge is -2.30. The number of methoxy groups -OCH3 is 1. The molecule has 1 heterocycles. The van der Waals surface area contributed by atoms with Crippen LogP contribution in [0.3, 0.4) is 0 Å². The van der Waals surface area contributed by atoms with Gasteiger partial charge in [0.25, 0.3) is 0 Å². The lowest BCUT2D eigenvalue weighted by Crippen LogP contribution is -2.53. The van der Waals surface area contributed by atoms with Crippen LogP contribution in [0.15, 0.2) is 59.1 Å². The van der Waals surface area contributed by atoms with E-state index in [-0.39, 0.29) is 38.6 Å². The van der Waals surface area contributed by atoms with Crippen molar-refractivity contribution in [3.05, 3.63) is 64.6 Å². The number of hydrogen-bond donors (Lipinski definition) is 2. The number of sulfonamides is 1. The van der Waals surface area contributed by atoms with Gasteiger partial charge in [-0.3, -0.25) is 9.59 Å². The maximum atomic E-state index is 14.5. The number of halogens is 1. The number of para-hydroxylation sites is 2. The third-order valence-electron chi connectivity index (χ3n) is 7.18. The molecule has 3 aromatic carbocycles. The number of nitrogens with zero attached hydrogens (tertiary/aromatic N) is 2. The van der Waals surface area contributed by atoms with Gasteiger partial charge in [0.1, 0.15) is 24.1 Å². The van der Waals surface area contributed by atoms with Crippen molar-refractivity contribution in [1.29, 1.82) is 0 Å². The number of fused-ring (bicyclic) bond motifs is 2. The second kappa shape index (κ2) is 13.2. The van der Waals surface area contributed by atoms with E-state index in [0.717, 1.165) is 27.1 Å². The quantitative estimate of drug-likeness (QED) is 0.405. The van der Waals surface area contributed by atoms with Crippen molar-refractivity contribution in [3.8, 4) is 11.5 Å². The molecule has 1 aliphatic rings. The summed E-state index contributed by atoms with van der Waals surface area (Å²) in [5.41, 5.74) is 1.28. The van der Waals surface area contributed by atoms with Gasteiger partial charge in [-0.15, -0.1) is 0 Å². The van der Waals surface area contributed by atoms with Gasteiger partial charge in [-0.1, -0.05) is 40.2 Å². The highest BCUT2D eigenvalue weighted by molar-refractivity contribution is 9.10. The first-order valence-corrected chi connectivity index (χ1v) is 15.9. The molecule has 0 saturated carbocycles. The fourth-order valence-corrected chi connectivity index (χ4v) is 6.01. The summed E-state index contributed by atoms with van der Waals surface area (Å²) < 4.78 is 39.0. The Hall–Kier alpha value is -3.19. The van der Waals surface area contributed by atoms with E-state index in [0.29, 0.717) is 17.2 Å². The third-order valence-corrected chi connectivity index (χ3v) is 8.98. The molecule has 0 radical (unpaired) electrons. The average Bonchev–Trinajstić information content (AvgIpc) is 2.97. The van der Waals surface area contributed by atoms with E-state index >= 15 is 0 Å². The van der Waals surface area contributed by atoms with E-state index in [1.54, 1.807) is 50.2 Å². The molecule has 0 fully saturated rings. The number of anilines is 1. The van der Waals surface area contributed by atoms with Gasteiger partial charge in [0.2, 0.25) is 21.8 Å². The van der Waals surface area contributed by atoms with Crippen molar-refractivity contribution >= 4 is 54.2 Å². The second-order valence-electron chi connectivity index (χ2n) is 9.87. The maximum absolute atomic E-state index is 14.5. The predicted octanol–water partition coefficient (Wildman–Crippen LogP) is 3.28. The maximum Gasteiger partial charge on any atom is 0.250 e. The van der Waals surface area contributed by atoms with E-state index in [2.05, 4.69) is 26.6 Å². The third kappa shape index (κ3) is 7.18. The van der Waals surface area contributed by atoms with E-state index in [4.69, 9.17) is 9.47 Å². The largest absolute Gasteiger partial charge is 0.496 e. The molecule has 2 amide bonds. The van der Waals surface area contributed by atoms with E-state index in [1.807, 2.05) is 30.3 Å². The molecule has 0 aliphatic carbocycles. The highest BCUT2D eigenvalue weighted by Gasteiger charge is 2.33. The fourth-order valence-electron chi connectivity index (χ4n) is 4.79. The van der Waals surface area contributed by atoms with Gasteiger partial charge in [-0.05, 0) is 61.5 Å². The number of nitrogens with one attached hydrogen (secondary N) is 2. The van der Waals surface area contributed by atoms with Crippen LogP contribution in [-0.4, -0.2) is 76.7 Å². The monoisotopic (exact) mass is 646 g/mol. The Balaban J connectivity index is 1.86. The molecule has 0 unspecified atom stereocenters. The van der Waals surface area contributed by atoms with Crippen molar-refractivity contribution in [2.75, 3.05) is 45.0 Å². The van der Waals surface area contributed by atoms with E-state index in [1.165, 1.54) is 4.31 Å². The van der Waals surface area contributed by atoms with Gasteiger partial charge in [-0.2, -0.15) is 4.31 Å². The first kappa shape index (κ1) is 30.8. The van der Waals surface area contributed by atoms with E-state index < -0.39 is 28.0 Å². The van der Waals surface area contributed by atoms with Gasteiger partial charge in [0.15, 0.2) is 0 Å². The zero-order valence-electron chi connectivity index (χ0n) is 23.5. The summed E-state index contributed by atoms with van der Waals surface area (Å²) >= 11 is 3.53. The first-order chi connectivity index (χ1) is 19.5. The molecule has 2 atom stereocenters. The van der Waals surface area contributed by atoms with Crippen molar-refractivity contribution in [1.82, 2.24) is 14.9 Å². The Kier molecular flexibility index (Phi) is 9.90. The molecule has 2 N–H and O–H groups in total. The molecule has 10 nitrogen and oxygen atoms in total. The smallest absolute Gasteiger partial charge is 0.250 e. The number of benzene rings is 3. The minimum Gasteiger partial charge on any atom is -0.496 e. The van der Waals surface area contributed by atoms with Crippen molar-refractivity contribution < 1.29 is 27.5 Å². The highest BCUT2D eigenvalue weighted by atomic mass is 79.9. The summed E-state index contributed by atoms with van der Waals surface area (Å²) in [6.45, 7) is 2.02.